The molecule has 0 aromatic carbocycles. The fourth-order valence-corrected chi connectivity index (χ4v) is 6.52. The monoisotopic (exact) mass is 402 g/mol. The molecule has 148 valence electrons. The molecule has 0 spiro atoms. The fourth-order valence-electron chi connectivity index (χ4n) is 3.94. The topological polar surface area (TPSA) is 85.8 Å². The minimum Gasteiger partial charge on any atom is -0.390 e. The molecule has 2 aliphatic rings. The van der Waals surface area contributed by atoms with Crippen molar-refractivity contribution in [2.45, 2.75) is 68.2 Å². The van der Waals surface area contributed by atoms with Crippen molar-refractivity contribution in [3.8, 4) is 0 Å². The van der Waals surface area contributed by atoms with Gasteiger partial charge in [0.25, 0.3) is 10.0 Å². The van der Waals surface area contributed by atoms with Crippen LogP contribution in [-0.4, -0.2) is 68.3 Å². The summed E-state index contributed by atoms with van der Waals surface area (Å²) in [6.45, 7) is 3.12. The second-order valence-electron chi connectivity index (χ2n) is 8.05. The standard InChI is InChI=1S/C17H30N4O3S2/c1-17(8-6-4-5-7-9-17)19-26(23,24)15-12-25-16(18-15)21-10-13(20(2)3)14(22)11-21/h12-14,19,22H,4-11H2,1-3H3/t13-,14+/m1/s1. The number of hydrogen-bond donors (Lipinski definition) is 2. The van der Waals surface area contributed by atoms with Gasteiger partial charge in [0, 0.05) is 24.0 Å². The Hall–Kier alpha value is -0.740. The lowest BCUT2D eigenvalue weighted by molar-refractivity contribution is 0.114. The zero-order chi connectivity index (χ0) is 18.9. The number of hydrogen-bond acceptors (Lipinski definition) is 7. The van der Waals surface area contributed by atoms with E-state index in [2.05, 4.69) is 9.71 Å². The van der Waals surface area contributed by atoms with E-state index in [9.17, 15) is 13.5 Å². The van der Waals surface area contributed by atoms with Crippen LogP contribution in [0.25, 0.3) is 0 Å². The van der Waals surface area contributed by atoms with Crippen molar-refractivity contribution >= 4 is 26.5 Å². The van der Waals surface area contributed by atoms with E-state index in [0.29, 0.717) is 18.2 Å². The third-order valence-electron chi connectivity index (χ3n) is 5.53. The lowest BCUT2D eigenvalue weighted by atomic mass is 9.94. The zero-order valence-electron chi connectivity index (χ0n) is 15.8. The van der Waals surface area contributed by atoms with Crippen LogP contribution in [0.2, 0.25) is 0 Å². The number of nitrogens with zero attached hydrogens (tertiary/aromatic N) is 3. The molecule has 2 heterocycles. The Morgan fingerprint density at radius 1 is 1.27 bits per heavy atom. The van der Waals surface area contributed by atoms with Gasteiger partial charge < -0.3 is 14.9 Å². The molecule has 2 fully saturated rings. The number of rotatable bonds is 5. The Balaban J connectivity index is 1.72. The summed E-state index contributed by atoms with van der Waals surface area (Å²) in [6, 6.07) is 0.0296. The van der Waals surface area contributed by atoms with Crippen LogP contribution >= 0.6 is 11.3 Å². The molecule has 0 radical (unpaired) electrons. The first-order chi connectivity index (χ1) is 12.2. The van der Waals surface area contributed by atoms with Crippen molar-refractivity contribution in [2.24, 2.45) is 0 Å². The van der Waals surface area contributed by atoms with Gasteiger partial charge in [-0.2, -0.15) is 0 Å². The third kappa shape index (κ3) is 4.39. The van der Waals surface area contributed by atoms with Gasteiger partial charge in [-0.05, 0) is 33.9 Å². The highest BCUT2D eigenvalue weighted by atomic mass is 32.2. The van der Waals surface area contributed by atoms with Crippen LogP contribution in [0, 0.1) is 0 Å². The van der Waals surface area contributed by atoms with E-state index in [-0.39, 0.29) is 16.6 Å². The van der Waals surface area contributed by atoms with Gasteiger partial charge in [-0.1, -0.05) is 25.7 Å². The van der Waals surface area contributed by atoms with Crippen molar-refractivity contribution in [3.05, 3.63) is 5.38 Å². The van der Waals surface area contributed by atoms with E-state index in [1.54, 1.807) is 5.38 Å². The maximum Gasteiger partial charge on any atom is 0.259 e. The van der Waals surface area contributed by atoms with E-state index >= 15 is 0 Å². The molecule has 0 bridgehead atoms. The quantitative estimate of drug-likeness (QED) is 0.729. The van der Waals surface area contributed by atoms with E-state index in [0.717, 1.165) is 25.7 Å². The highest BCUT2D eigenvalue weighted by Gasteiger charge is 2.36. The molecule has 2 N–H and O–H groups in total. The lowest BCUT2D eigenvalue weighted by Crippen LogP contribution is -2.45. The molecule has 3 rings (SSSR count). The number of aromatic nitrogens is 1. The maximum absolute atomic E-state index is 12.8. The molecule has 0 amide bonds. The first-order valence-electron chi connectivity index (χ1n) is 9.29. The van der Waals surface area contributed by atoms with Crippen molar-refractivity contribution in [2.75, 3.05) is 32.1 Å². The summed E-state index contributed by atoms with van der Waals surface area (Å²) in [5.41, 5.74) is -0.390. The number of aliphatic hydroxyl groups excluding tert-OH is 1. The maximum atomic E-state index is 12.8. The fraction of sp³-hybridized carbons (Fsp3) is 0.824. The minimum atomic E-state index is -3.64. The number of thiazole rings is 1. The summed E-state index contributed by atoms with van der Waals surface area (Å²) in [6.07, 6.45) is 5.72. The Morgan fingerprint density at radius 3 is 2.50 bits per heavy atom. The van der Waals surface area contributed by atoms with Crippen molar-refractivity contribution in [1.29, 1.82) is 0 Å². The van der Waals surface area contributed by atoms with Crippen LogP contribution in [0.5, 0.6) is 0 Å². The Bertz CT molecular complexity index is 711. The molecular weight excluding hydrogens is 372 g/mol. The second-order valence-corrected chi connectivity index (χ2v) is 10.5. The number of aliphatic hydroxyl groups is 1. The largest absolute Gasteiger partial charge is 0.390 e. The number of likely N-dealkylation sites (N-methyl/N-ethyl adjacent to an activating group) is 1. The molecule has 2 atom stereocenters. The van der Waals surface area contributed by atoms with E-state index in [1.165, 1.54) is 24.2 Å². The highest BCUT2D eigenvalue weighted by Crippen LogP contribution is 2.31. The van der Waals surface area contributed by atoms with Gasteiger partial charge in [0.05, 0.1) is 12.1 Å². The van der Waals surface area contributed by atoms with Gasteiger partial charge in [-0.3, -0.25) is 0 Å². The van der Waals surface area contributed by atoms with Crippen LogP contribution in [-0.2, 0) is 10.0 Å². The van der Waals surface area contributed by atoms with Gasteiger partial charge in [0.1, 0.15) is 0 Å². The van der Waals surface area contributed by atoms with Gasteiger partial charge >= 0.3 is 0 Å². The van der Waals surface area contributed by atoms with Crippen molar-refractivity contribution < 1.29 is 13.5 Å². The third-order valence-corrected chi connectivity index (χ3v) is 8.10. The number of anilines is 1. The molecule has 1 aliphatic heterocycles. The number of β-amino-alcohol motifs (C(OH)–C–C–N with tert-alkyl or cyclic N) is 1. The molecule has 1 saturated carbocycles. The molecule has 1 aromatic rings. The smallest absolute Gasteiger partial charge is 0.259 e. The van der Waals surface area contributed by atoms with Crippen molar-refractivity contribution in [1.82, 2.24) is 14.6 Å². The Morgan fingerprint density at radius 2 is 1.92 bits per heavy atom. The summed E-state index contributed by atoms with van der Waals surface area (Å²) in [7, 11) is 0.237. The van der Waals surface area contributed by atoms with Gasteiger partial charge in [-0.25, -0.2) is 18.1 Å². The lowest BCUT2D eigenvalue weighted by Gasteiger charge is -2.28. The van der Waals surface area contributed by atoms with Gasteiger partial charge in [-0.15, -0.1) is 11.3 Å². The van der Waals surface area contributed by atoms with Crippen molar-refractivity contribution in [3.63, 3.8) is 0 Å². The molecular formula is C17H30N4O3S2. The van der Waals surface area contributed by atoms with Crippen LogP contribution in [0.3, 0.4) is 0 Å². The molecule has 0 unspecified atom stereocenters. The number of nitrogens with one attached hydrogen (secondary N) is 1. The van der Waals surface area contributed by atoms with Crippen LogP contribution in [0.1, 0.15) is 45.4 Å². The SMILES string of the molecule is CN(C)[C@@H]1CN(c2nc(S(=O)(=O)NC3(C)CCCCCC3)cs2)C[C@@H]1O. The summed E-state index contributed by atoms with van der Waals surface area (Å²) in [4.78, 5) is 8.33. The van der Waals surface area contributed by atoms with Crippen LogP contribution in [0.4, 0.5) is 5.13 Å². The van der Waals surface area contributed by atoms with Crippen LogP contribution < -0.4 is 9.62 Å². The first-order valence-corrected chi connectivity index (χ1v) is 11.7. The summed E-state index contributed by atoms with van der Waals surface area (Å²) in [5.74, 6) is 0. The summed E-state index contributed by atoms with van der Waals surface area (Å²) in [5, 5.41) is 12.5. The normalized spacial score (nSPS) is 27.0. The molecule has 26 heavy (non-hydrogen) atoms. The molecule has 7 nitrogen and oxygen atoms in total. The predicted octanol–water partition coefficient (Wildman–Crippen LogP) is 1.65. The van der Waals surface area contributed by atoms with E-state index < -0.39 is 16.1 Å². The highest BCUT2D eigenvalue weighted by molar-refractivity contribution is 7.89. The molecule has 9 heteroatoms. The predicted molar refractivity (Wildman–Crippen MR) is 104 cm³/mol. The second kappa shape index (κ2) is 7.71. The molecule has 1 saturated heterocycles. The average Bonchev–Trinajstić information content (AvgIpc) is 3.12. The summed E-state index contributed by atoms with van der Waals surface area (Å²) < 4.78 is 28.6. The average molecular weight is 403 g/mol. The van der Waals surface area contributed by atoms with Gasteiger partial charge in [0.15, 0.2) is 10.2 Å². The Kier molecular flexibility index (Phi) is 5.93. The Labute approximate surface area is 160 Å². The first kappa shape index (κ1) is 20.0. The van der Waals surface area contributed by atoms with Crippen LogP contribution in [0.15, 0.2) is 10.4 Å². The van der Waals surface area contributed by atoms with Gasteiger partial charge in [0.2, 0.25) is 0 Å². The minimum absolute atomic E-state index is 0.0296. The van der Waals surface area contributed by atoms with E-state index in [4.69, 9.17) is 0 Å². The molecule has 1 aliphatic carbocycles. The molecule has 1 aromatic heterocycles. The number of sulfonamides is 1. The zero-order valence-corrected chi connectivity index (χ0v) is 17.4. The van der Waals surface area contributed by atoms with E-state index in [1.807, 2.05) is 30.8 Å². The summed E-state index contributed by atoms with van der Waals surface area (Å²) >= 11 is 1.32.